The number of benzene rings is 1. The zero-order chi connectivity index (χ0) is 71.1. The molecule has 95 heavy (non-hydrogen) atoms. The number of nitrogens with one attached hydrogen (secondary N) is 15. The number of hydrogen-bond acceptors (Lipinski definition) is 17. The third kappa shape index (κ3) is 28.8. The van der Waals surface area contributed by atoms with E-state index >= 15 is 0 Å². The maximum absolute atomic E-state index is 14.8. The van der Waals surface area contributed by atoms with Gasteiger partial charge in [-0.05, 0) is 81.6 Å². The topological polar surface area (TPSA) is 570 Å². The summed E-state index contributed by atoms with van der Waals surface area (Å²) in [5.74, 6) is -12.9. The summed E-state index contributed by atoms with van der Waals surface area (Å²) in [5, 5.41) is 55.2. The molecule has 24 N–H and O–H groups in total. The fourth-order valence-electron chi connectivity index (χ4n) is 9.95. The zero-order valence-corrected chi connectivity index (χ0v) is 54.8. The van der Waals surface area contributed by atoms with Gasteiger partial charge in [0.05, 0.1) is 31.2 Å². The highest BCUT2D eigenvalue weighted by molar-refractivity contribution is 5.99. The number of aliphatic carboxylic acids is 1. The summed E-state index contributed by atoms with van der Waals surface area (Å²) < 4.78 is 0. The molecule has 1 aliphatic rings. The van der Waals surface area contributed by atoms with Crippen LogP contribution in [0, 0.1) is 28.6 Å². The van der Waals surface area contributed by atoms with Crippen molar-refractivity contribution in [2.24, 2.45) is 40.7 Å². The molecule has 0 unspecified atom stereocenters. The van der Waals surface area contributed by atoms with Crippen LogP contribution >= 0.6 is 0 Å². The van der Waals surface area contributed by atoms with Crippen molar-refractivity contribution < 1.29 is 67.4 Å². The van der Waals surface area contributed by atoms with Crippen molar-refractivity contribution in [1.82, 2.24) is 78.7 Å². The molecule has 1 aliphatic heterocycles. The quantitative estimate of drug-likeness (QED) is 0.0168. The Kier molecular flexibility index (Phi) is 33.6. The second-order valence-electron chi connectivity index (χ2n) is 24.2. The Hall–Kier alpha value is -9.96. The van der Waals surface area contributed by atoms with Gasteiger partial charge in [-0.1, -0.05) is 71.9 Å². The molecule has 3 rings (SSSR count). The molecule has 0 spiro atoms. The number of primary amides is 1. The van der Waals surface area contributed by atoms with Gasteiger partial charge in [-0.25, -0.2) is 9.78 Å². The number of rotatable bonds is 41. The molecule has 2 heterocycles. The van der Waals surface area contributed by atoms with Crippen molar-refractivity contribution in [2.45, 2.75) is 180 Å². The largest absolute Gasteiger partial charge is 0.480 e. The minimum atomic E-state index is -1.52. The minimum absolute atomic E-state index is 0.0345. The number of hydrogen-bond donors (Lipinski definition) is 20. The molecular weight excluding hydrogens is 1240 g/mol. The van der Waals surface area contributed by atoms with Crippen LogP contribution in [0.25, 0.3) is 0 Å². The van der Waals surface area contributed by atoms with Gasteiger partial charge < -0.3 is 102 Å². The molecule has 0 aliphatic carbocycles. The first-order valence-corrected chi connectivity index (χ1v) is 31.5. The van der Waals surface area contributed by atoms with Gasteiger partial charge in [0.1, 0.15) is 54.4 Å². The van der Waals surface area contributed by atoms with Crippen LogP contribution in [-0.4, -0.2) is 202 Å². The van der Waals surface area contributed by atoms with E-state index in [4.69, 9.17) is 33.8 Å². The van der Waals surface area contributed by atoms with Gasteiger partial charge in [-0.2, -0.15) is 0 Å². The van der Waals surface area contributed by atoms with Crippen LogP contribution in [0.2, 0.25) is 0 Å². The number of imidazole rings is 1. The van der Waals surface area contributed by atoms with Crippen molar-refractivity contribution in [2.75, 3.05) is 32.7 Å². The molecule has 10 atom stereocenters. The standard InChI is InChI=1S/C60H97N21O14/c1-31(2)24-40(75-46(84)28-70-49(85)34(7)73-50(86)37(61)16-11-21-68-59(63)64)53(89)76-39(19-20-44(62)82)51(87)77-41(25-35-14-9-8-10-15-35)57(93)81-23-13-18-43(81)54(90)80-47(32(3)4)55(91)71-29-45(83)74-38(17-12-22-69-60(65)66)52(88)79-48(33(5)6)56(92)78-42(58(94)95)26-36-27-67-30-72-36/h8-10,14-15,27,30-34,37-43,47-48H,11-13,16-26,28-29,61H2,1-7H3,(H2,62,82)(H,67,72)(H,70,85)(H,71,91)(H,73,86)(H,74,83)(H,75,84)(H,76,89)(H,77,87)(H,78,92)(H,79,88)(H,80,90)(H,94,95)(H4,63,64,68)(H4,65,66,69)/t34-,37-,38-,39-,40-,41-,42-,43-,47-,48-/m0/s1. The van der Waals surface area contributed by atoms with Crippen LogP contribution in [0.3, 0.4) is 0 Å². The summed E-state index contributed by atoms with van der Waals surface area (Å²) in [5.41, 5.74) is 23.1. The number of carboxylic acid groups (broad SMARTS) is 1. The van der Waals surface area contributed by atoms with Gasteiger partial charge in [-0.15, -0.1) is 0 Å². The van der Waals surface area contributed by atoms with Gasteiger partial charge >= 0.3 is 5.97 Å². The van der Waals surface area contributed by atoms with E-state index in [9.17, 15) is 67.4 Å². The summed E-state index contributed by atoms with van der Waals surface area (Å²) in [6.45, 7) is 10.5. The molecule has 35 nitrogen and oxygen atoms in total. The number of nitrogens with two attached hydrogens (primary N) is 4. The number of aromatic amines is 1. The molecule has 1 saturated heterocycles. The monoisotopic (exact) mass is 1340 g/mol. The van der Waals surface area contributed by atoms with Crippen molar-refractivity contribution >= 4 is 88.8 Å². The molecule has 0 bridgehead atoms. The van der Waals surface area contributed by atoms with E-state index in [2.05, 4.69) is 73.8 Å². The molecule has 2 aromatic rings. The molecule has 0 saturated carbocycles. The van der Waals surface area contributed by atoms with E-state index in [1.807, 2.05) is 0 Å². The van der Waals surface area contributed by atoms with Gasteiger partial charge in [-0.3, -0.25) is 68.4 Å². The van der Waals surface area contributed by atoms with Gasteiger partial charge in [0, 0.05) is 45.1 Å². The first-order chi connectivity index (χ1) is 44.8. The minimum Gasteiger partial charge on any atom is -0.480 e. The lowest BCUT2D eigenvalue weighted by molar-refractivity contribution is -0.142. The summed E-state index contributed by atoms with van der Waals surface area (Å²) in [6.07, 6.45) is 2.99. The number of carbonyl (C=O) groups excluding carboxylic acids is 12. The first-order valence-electron chi connectivity index (χ1n) is 31.5. The Morgan fingerprint density at radius 3 is 1.69 bits per heavy atom. The molecule has 1 aromatic carbocycles. The molecule has 0 radical (unpaired) electrons. The highest BCUT2D eigenvalue weighted by Gasteiger charge is 2.41. The maximum Gasteiger partial charge on any atom is 0.326 e. The zero-order valence-electron chi connectivity index (χ0n) is 54.8. The molecule has 12 amide bonds. The predicted octanol–water partition coefficient (Wildman–Crippen LogP) is -5.12. The van der Waals surface area contributed by atoms with Gasteiger partial charge in [0.2, 0.25) is 70.9 Å². The maximum atomic E-state index is 14.8. The predicted molar refractivity (Wildman–Crippen MR) is 346 cm³/mol. The number of aromatic nitrogens is 2. The van der Waals surface area contributed by atoms with E-state index in [1.54, 1.807) is 71.9 Å². The van der Waals surface area contributed by atoms with Crippen molar-refractivity contribution in [1.29, 1.82) is 10.8 Å². The van der Waals surface area contributed by atoms with E-state index in [-0.39, 0.29) is 82.3 Å². The molecule has 526 valence electrons. The Bertz CT molecular complexity index is 2970. The van der Waals surface area contributed by atoms with E-state index in [1.165, 1.54) is 24.3 Å². The summed E-state index contributed by atoms with van der Waals surface area (Å²) in [6, 6.07) is -4.26. The average molecular weight is 1340 g/mol. The Labute approximate surface area is 551 Å². The van der Waals surface area contributed by atoms with E-state index < -0.39 is 169 Å². The van der Waals surface area contributed by atoms with Gasteiger partial charge in [0.15, 0.2) is 11.9 Å². The summed E-state index contributed by atoms with van der Waals surface area (Å²) >= 11 is 0. The average Bonchev–Trinajstić information content (AvgIpc) is 1.87. The third-order valence-electron chi connectivity index (χ3n) is 15.1. The van der Waals surface area contributed by atoms with Crippen LogP contribution in [0.15, 0.2) is 42.9 Å². The van der Waals surface area contributed by atoms with Crippen LogP contribution in [-0.2, 0) is 75.2 Å². The van der Waals surface area contributed by atoms with Crippen LogP contribution in [0.5, 0.6) is 0 Å². The number of H-pyrrole nitrogens is 1. The number of nitrogens with zero attached hydrogens (tertiary/aromatic N) is 2. The summed E-state index contributed by atoms with van der Waals surface area (Å²) in [4.78, 5) is 184. The fourth-order valence-corrected chi connectivity index (χ4v) is 9.95. The van der Waals surface area contributed by atoms with E-state index in [0.29, 0.717) is 30.6 Å². The lowest BCUT2D eigenvalue weighted by Crippen LogP contribution is -2.60. The van der Waals surface area contributed by atoms with E-state index in [0.717, 1.165) is 0 Å². The Morgan fingerprint density at radius 2 is 1.14 bits per heavy atom. The third-order valence-corrected chi connectivity index (χ3v) is 15.1. The highest BCUT2D eigenvalue weighted by Crippen LogP contribution is 2.21. The number of likely N-dealkylation sites (tertiary alicyclic amines) is 1. The van der Waals surface area contributed by atoms with Crippen molar-refractivity contribution in [3.05, 3.63) is 54.1 Å². The normalized spacial score (nSPS) is 15.5. The number of guanidine groups is 2. The lowest BCUT2D eigenvalue weighted by Gasteiger charge is -2.31. The lowest BCUT2D eigenvalue weighted by atomic mass is 10.0. The molecule has 1 fully saturated rings. The number of amides is 12. The van der Waals surface area contributed by atoms with Crippen molar-refractivity contribution in [3.8, 4) is 0 Å². The molecule has 1 aromatic heterocycles. The highest BCUT2D eigenvalue weighted by atomic mass is 16.4. The molecular formula is C60H97N21O14. The Morgan fingerprint density at radius 1 is 0.600 bits per heavy atom. The summed E-state index contributed by atoms with van der Waals surface area (Å²) in [7, 11) is 0. The van der Waals surface area contributed by atoms with Crippen LogP contribution < -0.4 is 86.7 Å². The first kappa shape index (κ1) is 79.3. The molecule has 35 heteroatoms. The number of carbonyl (C=O) groups is 13. The van der Waals surface area contributed by atoms with Crippen LogP contribution in [0.4, 0.5) is 0 Å². The van der Waals surface area contributed by atoms with Crippen LogP contribution in [0.1, 0.15) is 118 Å². The second-order valence-corrected chi connectivity index (χ2v) is 24.2. The fraction of sp³-hybridized carbons (Fsp3) is 0.600. The van der Waals surface area contributed by atoms with Gasteiger partial charge in [0.25, 0.3) is 0 Å². The second kappa shape index (κ2) is 40.2. The Balaban J connectivity index is 1.77. The SMILES string of the molecule is CC(C)C[C@H](NC(=O)CNC(=O)[C@H](C)NC(=O)[C@@H](N)CCCNC(=N)N)C(=O)N[C@@H](CCC(N)=O)C(=O)N[C@@H](Cc1ccccc1)C(=O)N1CCC[C@H]1C(=O)N[C@H](C(=O)NCC(=O)N[C@@H](CCCNC(=N)N)C(=O)N[C@H](C(=O)N[C@@H](Cc1c[nH]cn1)C(=O)O)C(C)C)C(C)C. The van der Waals surface area contributed by atoms with Crippen molar-refractivity contribution in [3.63, 3.8) is 0 Å². The number of carboxylic acids is 1. The smallest absolute Gasteiger partial charge is 0.326 e.